The first-order chi connectivity index (χ1) is 11.3. The summed E-state index contributed by atoms with van der Waals surface area (Å²) >= 11 is 0. The van der Waals surface area contributed by atoms with E-state index in [-0.39, 0.29) is 17.8 Å². The molecular formula is C20H20O3. The maximum atomic E-state index is 12.1. The molecule has 4 rings (SSSR count). The van der Waals surface area contributed by atoms with Gasteiger partial charge < -0.3 is 9.47 Å². The van der Waals surface area contributed by atoms with Crippen molar-refractivity contribution >= 4 is 5.97 Å². The summed E-state index contributed by atoms with van der Waals surface area (Å²) in [4.78, 5) is 12.1. The van der Waals surface area contributed by atoms with E-state index in [1.165, 1.54) is 11.1 Å². The van der Waals surface area contributed by atoms with Crippen molar-refractivity contribution in [3.05, 3.63) is 65.2 Å². The highest BCUT2D eigenvalue weighted by Crippen LogP contribution is 2.63. The predicted molar refractivity (Wildman–Crippen MR) is 87.3 cm³/mol. The molecule has 1 saturated carbocycles. The van der Waals surface area contributed by atoms with Gasteiger partial charge in [-0.2, -0.15) is 0 Å². The van der Waals surface area contributed by atoms with E-state index in [2.05, 4.69) is 18.2 Å². The van der Waals surface area contributed by atoms with Crippen molar-refractivity contribution in [3.8, 4) is 5.75 Å². The van der Waals surface area contributed by atoms with Crippen LogP contribution in [0.1, 0.15) is 29.5 Å². The van der Waals surface area contributed by atoms with Crippen molar-refractivity contribution in [2.45, 2.75) is 25.9 Å². The third-order valence-corrected chi connectivity index (χ3v) is 4.91. The zero-order chi connectivity index (χ0) is 15.8. The van der Waals surface area contributed by atoms with E-state index in [1.807, 2.05) is 37.3 Å². The Morgan fingerprint density at radius 3 is 2.74 bits per heavy atom. The molecule has 0 aliphatic heterocycles. The second kappa shape index (κ2) is 5.73. The molecule has 0 saturated heterocycles. The van der Waals surface area contributed by atoms with Gasteiger partial charge in [-0.05, 0) is 36.5 Å². The van der Waals surface area contributed by atoms with Crippen molar-refractivity contribution in [2.24, 2.45) is 11.8 Å². The van der Waals surface area contributed by atoms with Crippen molar-refractivity contribution < 1.29 is 14.3 Å². The molecule has 1 fully saturated rings. The van der Waals surface area contributed by atoms with Crippen LogP contribution in [-0.4, -0.2) is 12.6 Å². The molecule has 0 bridgehead atoms. The van der Waals surface area contributed by atoms with Crippen LogP contribution in [-0.2, 0) is 22.6 Å². The summed E-state index contributed by atoms with van der Waals surface area (Å²) in [5.74, 6) is 1.60. The van der Waals surface area contributed by atoms with Gasteiger partial charge in [0.2, 0.25) is 0 Å². The molecule has 0 radical (unpaired) electrons. The standard InChI is InChI=1S/C20H20O3/c1-2-22-20(21)19-15-11-14-9-6-10-16(17(14)18(15)19)23-12-13-7-4-3-5-8-13/h3-10,15,18-19H,2,11-12H2,1H3. The van der Waals surface area contributed by atoms with Crippen LogP contribution in [0.5, 0.6) is 5.75 Å². The van der Waals surface area contributed by atoms with Crippen LogP contribution in [0.4, 0.5) is 0 Å². The van der Waals surface area contributed by atoms with Gasteiger partial charge in [0.05, 0.1) is 12.5 Å². The fourth-order valence-corrected chi connectivity index (χ4v) is 3.84. The molecule has 0 spiro atoms. The Labute approximate surface area is 136 Å². The summed E-state index contributed by atoms with van der Waals surface area (Å²) < 4.78 is 11.3. The number of carbonyl (C=O) groups excluding carboxylic acids is 1. The molecule has 3 heteroatoms. The molecule has 3 atom stereocenters. The van der Waals surface area contributed by atoms with Crippen LogP contribution in [0.15, 0.2) is 48.5 Å². The van der Waals surface area contributed by atoms with E-state index in [4.69, 9.17) is 9.47 Å². The van der Waals surface area contributed by atoms with Crippen molar-refractivity contribution in [1.82, 2.24) is 0 Å². The minimum Gasteiger partial charge on any atom is -0.489 e. The molecule has 0 N–H and O–H groups in total. The molecule has 2 aliphatic rings. The minimum atomic E-state index is -0.0500. The largest absolute Gasteiger partial charge is 0.489 e. The summed E-state index contributed by atoms with van der Waals surface area (Å²) in [5, 5.41) is 0. The molecule has 3 nitrogen and oxygen atoms in total. The minimum absolute atomic E-state index is 0.0314. The quantitative estimate of drug-likeness (QED) is 0.790. The Hall–Kier alpha value is -2.29. The summed E-state index contributed by atoms with van der Waals surface area (Å²) in [6.07, 6.45) is 0.964. The van der Waals surface area contributed by atoms with Crippen LogP contribution >= 0.6 is 0 Å². The Kier molecular flexibility index (Phi) is 3.56. The zero-order valence-corrected chi connectivity index (χ0v) is 13.2. The normalized spacial score (nSPS) is 23.8. The van der Waals surface area contributed by atoms with Crippen LogP contribution in [0.25, 0.3) is 0 Å². The van der Waals surface area contributed by atoms with Crippen molar-refractivity contribution in [3.63, 3.8) is 0 Å². The van der Waals surface area contributed by atoms with E-state index in [0.717, 1.165) is 17.7 Å². The lowest BCUT2D eigenvalue weighted by Gasteiger charge is -2.14. The second-order valence-corrected chi connectivity index (χ2v) is 6.27. The Morgan fingerprint density at radius 1 is 1.13 bits per heavy atom. The summed E-state index contributed by atoms with van der Waals surface area (Å²) in [6.45, 7) is 2.87. The maximum Gasteiger partial charge on any atom is 0.309 e. The number of fused-ring (bicyclic) bond motifs is 3. The second-order valence-electron chi connectivity index (χ2n) is 6.27. The van der Waals surface area contributed by atoms with Crippen molar-refractivity contribution in [2.75, 3.05) is 6.61 Å². The molecule has 0 aromatic heterocycles. The molecule has 118 valence electrons. The molecule has 2 aromatic carbocycles. The van der Waals surface area contributed by atoms with Crippen LogP contribution in [0.2, 0.25) is 0 Å². The first kappa shape index (κ1) is 14.3. The van der Waals surface area contributed by atoms with E-state index in [1.54, 1.807) is 0 Å². The fourth-order valence-electron chi connectivity index (χ4n) is 3.84. The van der Waals surface area contributed by atoms with E-state index < -0.39 is 0 Å². The maximum absolute atomic E-state index is 12.1. The van der Waals surface area contributed by atoms with Gasteiger partial charge in [0, 0.05) is 11.5 Å². The van der Waals surface area contributed by atoms with Gasteiger partial charge in [-0.15, -0.1) is 0 Å². The van der Waals surface area contributed by atoms with E-state index in [9.17, 15) is 4.79 Å². The summed E-state index contributed by atoms with van der Waals surface area (Å²) in [5.41, 5.74) is 3.70. The average molecular weight is 308 g/mol. The highest BCUT2D eigenvalue weighted by Gasteiger charge is 2.61. The molecule has 0 heterocycles. The SMILES string of the molecule is CCOC(=O)C1C2Cc3cccc(OCc4ccccc4)c3C21. The third-order valence-electron chi connectivity index (χ3n) is 4.91. The lowest BCUT2D eigenvalue weighted by molar-refractivity contribution is -0.145. The smallest absolute Gasteiger partial charge is 0.309 e. The topological polar surface area (TPSA) is 35.5 Å². The van der Waals surface area contributed by atoms with Crippen LogP contribution < -0.4 is 4.74 Å². The Morgan fingerprint density at radius 2 is 1.96 bits per heavy atom. The summed E-state index contributed by atoms with van der Waals surface area (Å²) in [6, 6.07) is 16.4. The number of rotatable bonds is 5. The Balaban J connectivity index is 1.53. The van der Waals surface area contributed by atoms with Crippen molar-refractivity contribution in [1.29, 1.82) is 0 Å². The molecular weight excluding hydrogens is 288 g/mol. The molecule has 2 aromatic rings. The average Bonchev–Trinajstić information content (AvgIpc) is 3.15. The first-order valence-corrected chi connectivity index (χ1v) is 8.24. The third kappa shape index (κ3) is 2.50. The number of carbonyl (C=O) groups is 1. The molecule has 0 amide bonds. The van der Waals surface area contributed by atoms with Gasteiger partial charge in [0.25, 0.3) is 0 Å². The van der Waals surface area contributed by atoms with Crippen LogP contribution in [0.3, 0.4) is 0 Å². The van der Waals surface area contributed by atoms with Gasteiger partial charge in [-0.25, -0.2) is 0 Å². The summed E-state index contributed by atoms with van der Waals surface area (Å²) in [7, 11) is 0. The van der Waals surface area contributed by atoms with Gasteiger partial charge in [0.15, 0.2) is 0 Å². The van der Waals surface area contributed by atoms with Gasteiger partial charge in [0.1, 0.15) is 12.4 Å². The number of ether oxygens (including phenoxy) is 2. The number of benzene rings is 2. The number of hydrogen-bond donors (Lipinski definition) is 0. The number of esters is 1. The molecule has 23 heavy (non-hydrogen) atoms. The van der Waals surface area contributed by atoms with E-state index in [0.29, 0.717) is 19.1 Å². The lowest BCUT2D eigenvalue weighted by atomic mass is 10.0. The molecule has 3 unspecified atom stereocenters. The first-order valence-electron chi connectivity index (χ1n) is 8.24. The zero-order valence-electron chi connectivity index (χ0n) is 13.2. The lowest BCUT2D eigenvalue weighted by Crippen LogP contribution is -2.11. The van der Waals surface area contributed by atoms with Gasteiger partial charge in [-0.1, -0.05) is 42.5 Å². The highest BCUT2D eigenvalue weighted by atomic mass is 16.5. The highest BCUT2D eigenvalue weighted by molar-refractivity contribution is 5.80. The van der Waals surface area contributed by atoms with Gasteiger partial charge >= 0.3 is 5.97 Å². The monoisotopic (exact) mass is 308 g/mol. The Bertz CT molecular complexity index is 723. The van der Waals surface area contributed by atoms with E-state index >= 15 is 0 Å². The molecule has 2 aliphatic carbocycles. The fraction of sp³-hybridized carbons (Fsp3) is 0.350. The number of hydrogen-bond acceptors (Lipinski definition) is 3. The predicted octanol–water partition coefficient (Wildman–Crippen LogP) is 3.71. The van der Waals surface area contributed by atoms with Crippen LogP contribution in [0, 0.1) is 11.8 Å². The van der Waals surface area contributed by atoms with Gasteiger partial charge in [-0.3, -0.25) is 4.79 Å².